The van der Waals surface area contributed by atoms with Gasteiger partial charge in [0.25, 0.3) is 0 Å². The molecule has 0 aromatic carbocycles. The molecule has 2 aliphatic rings. The summed E-state index contributed by atoms with van der Waals surface area (Å²) in [7, 11) is 0. The van der Waals surface area contributed by atoms with Gasteiger partial charge in [0.15, 0.2) is 6.33 Å². The van der Waals surface area contributed by atoms with Crippen LogP contribution in [-0.2, 0) is 0 Å². The third kappa shape index (κ3) is 1.79. The summed E-state index contributed by atoms with van der Waals surface area (Å²) >= 11 is 0. The summed E-state index contributed by atoms with van der Waals surface area (Å²) in [6, 6.07) is 0. The second-order valence-electron chi connectivity index (χ2n) is 2.52. The van der Waals surface area contributed by atoms with Crippen LogP contribution in [0.4, 0.5) is 0 Å². The normalized spacial score (nSPS) is 16.0. The summed E-state index contributed by atoms with van der Waals surface area (Å²) in [4.78, 5) is 0. The highest BCUT2D eigenvalue weighted by Crippen LogP contribution is 2.23. The summed E-state index contributed by atoms with van der Waals surface area (Å²) in [5, 5.41) is 12.2. The Morgan fingerprint density at radius 1 is 1.00 bits per heavy atom. The van der Waals surface area contributed by atoms with Gasteiger partial charge in [-0.2, -0.15) is 5.21 Å². The third-order valence-electron chi connectivity index (χ3n) is 1.71. The van der Waals surface area contributed by atoms with Gasteiger partial charge >= 0.3 is 0 Å². The lowest BCUT2D eigenvalue weighted by Gasteiger charge is -1.85. The van der Waals surface area contributed by atoms with E-state index < -0.39 is 0 Å². The number of hydrogen-bond acceptors (Lipinski definition) is 3. The van der Waals surface area contributed by atoms with Crippen LogP contribution < -0.4 is 0 Å². The summed E-state index contributed by atoms with van der Waals surface area (Å²) in [6.45, 7) is 0. The molecule has 0 fully saturated rings. The van der Waals surface area contributed by atoms with E-state index in [0.29, 0.717) is 0 Å². The molecule has 1 N–H and O–H groups in total. The van der Waals surface area contributed by atoms with Crippen molar-refractivity contribution < 1.29 is 0 Å². The van der Waals surface area contributed by atoms with Gasteiger partial charge in [-0.25, -0.2) is 0 Å². The predicted octanol–water partition coefficient (Wildman–Crippen LogP) is 1.18. The first kappa shape index (κ1) is 7.67. The van der Waals surface area contributed by atoms with Gasteiger partial charge in [0.2, 0.25) is 0 Å². The molecule has 0 spiro atoms. The molecular formula is C9H8N4. The van der Waals surface area contributed by atoms with Crippen LogP contribution in [0.25, 0.3) is 0 Å². The number of rotatable bonds is 0. The van der Waals surface area contributed by atoms with Crippen LogP contribution in [0.2, 0.25) is 0 Å². The maximum absolute atomic E-state index is 3.38. The number of nitrogens with zero attached hydrogens (tertiary/aromatic N) is 3. The molecule has 0 bridgehead atoms. The van der Waals surface area contributed by atoms with Crippen molar-refractivity contribution >= 4 is 0 Å². The fourth-order valence-corrected chi connectivity index (χ4v) is 1.14. The molecule has 0 atom stereocenters. The number of aromatic amines is 1. The van der Waals surface area contributed by atoms with E-state index in [-0.39, 0.29) is 0 Å². The largest absolute Gasteiger partial charge is 0.177 e. The van der Waals surface area contributed by atoms with E-state index in [1.54, 1.807) is 0 Å². The van der Waals surface area contributed by atoms with Crippen LogP contribution in [0, 0.1) is 0 Å². The fourth-order valence-electron chi connectivity index (χ4n) is 1.14. The van der Waals surface area contributed by atoms with Crippen molar-refractivity contribution in [2.75, 3.05) is 0 Å². The number of hydrogen-bond donors (Lipinski definition) is 1. The lowest BCUT2D eigenvalue weighted by atomic mass is 10.2. The maximum atomic E-state index is 3.38. The van der Waals surface area contributed by atoms with Gasteiger partial charge in [0.1, 0.15) is 0 Å². The van der Waals surface area contributed by atoms with E-state index >= 15 is 0 Å². The summed E-state index contributed by atoms with van der Waals surface area (Å²) in [5.74, 6) is 0. The van der Waals surface area contributed by atoms with Crippen LogP contribution in [0.3, 0.4) is 0 Å². The molecule has 0 unspecified atom stereocenters. The Labute approximate surface area is 75.4 Å². The van der Waals surface area contributed by atoms with Crippen LogP contribution in [0.1, 0.15) is 0 Å². The Morgan fingerprint density at radius 2 is 1.69 bits per heavy atom. The molecule has 4 heteroatoms. The van der Waals surface area contributed by atoms with Gasteiger partial charge in [-0.3, -0.25) is 0 Å². The topological polar surface area (TPSA) is 54.5 Å². The first-order valence-electron chi connectivity index (χ1n) is 3.90. The molecule has 1 heterocycles. The van der Waals surface area contributed by atoms with E-state index in [1.165, 1.54) is 17.5 Å². The molecule has 0 radical (unpaired) electrons. The second-order valence-corrected chi connectivity index (χ2v) is 2.52. The number of tetrazole rings is 1. The van der Waals surface area contributed by atoms with Crippen molar-refractivity contribution in [3.63, 3.8) is 0 Å². The first-order chi connectivity index (χ1) is 6.47. The van der Waals surface area contributed by atoms with E-state index in [2.05, 4.69) is 57.1 Å². The molecule has 1 aromatic heterocycles. The van der Waals surface area contributed by atoms with E-state index in [9.17, 15) is 0 Å². The SMILES string of the molecule is C1=CC2=CC=CC2=C1.c1nn[nH]n1. The summed E-state index contributed by atoms with van der Waals surface area (Å²) in [5.41, 5.74) is 2.70. The Hall–Kier alpha value is -1.97. The van der Waals surface area contributed by atoms with E-state index in [4.69, 9.17) is 0 Å². The predicted molar refractivity (Wildman–Crippen MR) is 48.6 cm³/mol. The van der Waals surface area contributed by atoms with Crippen molar-refractivity contribution in [2.45, 2.75) is 0 Å². The van der Waals surface area contributed by atoms with Crippen LogP contribution in [0.15, 0.2) is 53.9 Å². The Bertz CT molecular complexity index is 339. The van der Waals surface area contributed by atoms with Gasteiger partial charge in [-0.1, -0.05) is 41.7 Å². The van der Waals surface area contributed by atoms with Crippen LogP contribution >= 0.6 is 0 Å². The zero-order chi connectivity index (χ0) is 8.93. The van der Waals surface area contributed by atoms with Crippen LogP contribution in [-0.4, -0.2) is 20.6 Å². The van der Waals surface area contributed by atoms with Crippen LogP contribution in [0.5, 0.6) is 0 Å². The summed E-state index contributed by atoms with van der Waals surface area (Å²) in [6.07, 6.45) is 14.0. The minimum absolute atomic E-state index is 1.33. The average Bonchev–Trinajstić information content (AvgIpc) is 2.84. The molecule has 2 aliphatic carbocycles. The number of aromatic nitrogens is 4. The summed E-state index contributed by atoms with van der Waals surface area (Å²) < 4.78 is 0. The van der Waals surface area contributed by atoms with Crippen molar-refractivity contribution in [2.24, 2.45) is 0 Å². The first-order valence-corrected chi connectivity index (χ1v) is 3.90. The van der Waals surface area contributed by atoms with Crippen molar-refractivity contribution in [3.8, 4) is 0 Å². The molecule has 0 saturated heterocycles. The molecule has 3 rings (SSSR count). The zero-order valence-electron chi connectivity index (χ0n) is 6.88. The highest BCUT2D eigenvalue weighted by molar-refractivity contribution is 5.59. The Morgan fingerprint density at radius 3 is 2.08 bits per heavy atom. The standard InChI is InChI=1S/C8H6.CH2N4/c1-3-7-5-2-6-8(7)4-1;1-2-4-5-3-1/h1-6H;1H,(H,2,3,4,5). The minimum Gasteiger partial charge on any atom is -0.177 e. The number of nitrogens with one attached hydrogen (secondary N) is 1. The maximum Gasteiger partial charge on any atom is 0.161 e. The highest BCUT2D eigenvalue weighted by atomic mass is 15.5. The molecule has 64 valence electrons. The second kappa shape index (κ2) is 3.62. The van der Waals surface area contributed by atoms with Crippen molar-refractivity contribution in [1.82, 2.24) is 20.6 Å². The molecule has 0 amide bonds. The van der Waals surface area contributed by atoms with Gasteiger partial charge in [-0.05, 0) is 11.1 Å². The third-order valence-corrected chi connectivity index (χ3v) is 1.71. The molecule has 13 heavy (non-hydrogen) atoms. The molecule has 4 nitrogen and oxygen atoms in total. The van der Waals surface area contributed by atoms with Crippen molar-refractivity contribution in [1.29, 1.82) is 0 Å². The van der Waals surface area contributed by atoms with Gasteiger partial charge in [0, 0.05) is 0 Å². The lowest BCUT2D eigenvalue weighted by molar-refractivity contribution is 0.881. The van der Waals surface area contributed by atoms with Gasteiger partial charge < -0.3 is 0 Å². The highest BCUT2D eigenvalue weighted by Gasteiger charge is 2.04. The number of allylic oxidation sites excluding steroid dienone is 8. The minimum atomic E-state index is 1.33. The molecule has 1 aromatic rings. The average molecular weight is 172 g/mol. The lowest BCUT2D eigenvalue weighted by Crippen LogP contribution is -1.67. The van der Waals surface area contributed by atoms with Crippen molar-refractivity contribution in [3.05, 3.63) is 53.9 Å². The Kier molecular flexibility index (Phi) is 2.14. The van der Waals surface area contributed by atoms with E-state index in [1.807, 2.05) is 0 Å². The fraction of sp³-hybridized carbons (Fsp3) is 0. The van der Waals surface area contributed by atoms with E-state index in [0.717, 1.165) is 0 Å². The molecule has 0 saturated carbocycles. The quantitative estimate of drug-likeness (QED) is 0.639. The smallest absolute Gasteiger partial charge is 0.161 e. The number of H-pyrrole nitrogens is 1. The molecular weight excluding hydrogens is 164 g/mol. The Balaban J connectivity index is 0.000000113. The number of fused-ring (bicyclic) bond motifs is 1. The van der Waals surface area contributed by atoms with Gasteiger partial charge in [0.05, 0.1) is 0 Å². The molecule has 0 aliphatic heterocycles. The zero-order valence-corrected chi connectivity index (χ0v) is 6.88. The van der Waals surface area contributed by atoms with Gasteiger partial charge in [-0.15, -0.1) is 10.2 Å². The monoisotopic (exact) mass is 172 g/mol.